The van der Waals surface area contributed by atoms with E-state index in [0.29, 0.717) is 11.3 Å². The largest absolute Gasteiger partial charge is 0.478 e. The van der Waals surface area contributed by atoms with E-state index in [1.54, 1.807) is 29.6 Å². The Morgan fingerprint density at radius 3 is 2.89 bits per heavy atom. The molecule has 6 nitrogen and oxygen atoms in total. The summed E-state index contributed by atoms with van der Waals surface area (Å²) in [6, 6.07) is 6.82. The summed E-state index contributed by atoms with van der Waals surface area (Å²) >= 11 is 1.09. The molecule has 0 saturated heterocycles. The summed E-state index contributed by atoms with van der Waals surface area (Å²) < 4.78 is 3.61. The van der Waals surface area contributed by atoms with E-state index in [9.17, 15) is 9.59 Å². The quantitative estimate of drug-likeness (QED) is 0.831. The predicted molar refractivity (Wildman–Crippen MR) is 71.0 cm³/mol. The molecule has 1 aromatic heterocycles. The van der Waals surface area contributed by atoms with Gasteiger partial charge in [0.05, 0.1) is 0 Å². The van der Waals surface area contributed by atoms with E-state index < -0.39 is 5.97 Å². The summed E-state index contributed by atoms with van der Waals surface area (Å²) in [6.45, 7) is 0. The van der Waals surface area contributed by atoms with E-state index in [2.05, 4.69) is 14.9 Å². The number of anilines is 1. The molecule has 0 radical (unpaired) electrons. The van der Waals surface area contributed by atoms with Gasteiger partial charge in [-0.25, -0.2) is 4.79 Å². The topological polar surface area (TPSA) is 92.2 Å². The van der Waals surface area contributed by atoms with Crippen molar-refractivity contribution in [1.82, 2.24) is 9.59 Å². The number of carbonyl (C=O) groups excluding carboxylic acids is 1. The van der Waals surface area contributed by atoms with Crippen molar-refractivity contribution >= 4 is 35.2 Å². The molecule has 1 aromatic carbocycles. The number of hydrogen-bond donors (Lipinski definition) is 2. The van der Waals surface area contributed by atoms with Gasteiger partial charge in [0.2, 0.25) is 0 Å². The van der Waals surface area contributed by atoms with Gasteiger partial charge >= 0.3 is 5.97 Å². The first-order chi connectivity index (χ1) is 9.15. The highest BCUT2D eigenvalue weighted by atomic mass is 32.1. The Morgan fingerprint density at radius 1 is 1.37 bits per heavy atom. The maximum Gasteiger partial charge on any atom is 0.328 e. The zero-order valence-corrected chi connectivity index (χ0v) is 10.4. The summed E-state index contributed by atoms with van der Waals surface area (Å²) in [5.74, 6) is -1.38. The van der Waals surface area contributed by atoms with Gasteiger partial charge in [-0.05, 0) is 35.3 Å². The van der Waals surface area contributed by atoms with E-state index in [0.717, 1.165) is 17.6 Å². The Kier molecular flexibility index (Phi) is 3.99. The number of carbonyl (C=O) groups is 2. The summed E-state index contributed by atoms with van der Waals surface area (Å²) in [6.07, 6.45) is 2.48. The van der Waals surface area contributed by atoms with Crippen LogP contribution < -0.4 is 5.32 Å². The maximum atomic E-state index is 11.7. The van der Waals surface area contributed by atoms with Crippen molar-refractivity contribution in [1.29, 1.82) is 0 Å². The van der Waals surface area contributed by atoms with Crippen LogP contribution in [0.25, 0.3) is 6.08 Å². The normalized spacial score (nSPS) is 10.5. The van der Waals surface area contributed by atoms with Gasteiger partial charge in [-0.15, -0.1) is 5.10 Å². The van der Waals surface area contributed by atoms with Crippen LogP contribution in [-0.4, -0.2) is 26.6 Å². The lowest BCUT2D eigenvalue weighted by molar-refractivity contribution is -0.131. The zero-order valence-electron chi connectivity index (χ0n) is 9.61. The number of carboxylic acids is 1. The van der Waals surface area contributed by atoms with E-state index >= 15 is 0 Å². The second kappa shape index (κ2) is 5.87. The van der Waals surface area contributed by atoms with Crippen LogP contribution in [0.2, 0.25) is 0 Å². The molecule has 2 rings (SSSR count). The fraction of sp³-hybridized carbons (Fsp3) is 0. The molecule has 7 heteroatoms. The molecule has 0 atom stereocenters. The number of nitrogens with zero attached hydrogens (tertiary/aromatic N) is 2. The third kappa shape index (κ3) is 3.71. The van der Waals surface area contributed by atoms with Gasteiger partial charge in [0.15, 0.2) is 5.69 Å². The molecule has 0 fully saturated rings. The Balaban J connectivity index is 2.11. The first kappa shape index (κ1) is 12.9. The zero-order chi connectivity index (χ0) is 13.7. The third-order valence-corrected chi connectivity index (χ3v) is 2.66. The number of benzene rings is 1. The van der Waals surface area contributed by atoms with Crippen LogP contribution in [-0.2, 0) is 4.79 Å². The highest BCUT2D eigenvalue weighted by Crippen LogP contribution is 2.13. The molecule has 0 aliphatic carbocycles. The van der Waals surface area contributed by atoms with Gasteiger partial charge in [0.25, 0.3) is 5.91 Å². The molecule has 0 aliphatic heterocycles. The smallest absolute Gasteiger partial charge is 0.328 e. The third-order valence-electron chi connectivity index (χ3n) is 2.16. The highest BCUT2D eigenvalue weighted by molar-refractivity contribution is 7.03. The van der Waals surface area contributed by atoms with Crippen LogP contribution in [0.1, 0.15) is 16.1 Å². The summed E-state index contributed by atoms with van der Waals surface area (Å²) in [4.78, 5) is 22.2. The van der Waals surface area contributed by atoms with Crippen molar-refractivity contribution in [2.45, 2.75) is 0 Å². The van der Waals surface area contributed by atoms with Gasteiger partial charge in [-0.3, -0.25) is 4.79 Å². The molecular weight excluding hydrogens is 266 g/mol. The Labute approximate surface area is 112 Å². The molecule has 2 aromatic rings. The number of amides is 1. The Hall–Kier alpha value is -2.54. The first-order valence-electron chi connectivity index (χ1n) is 5.24. The fourth-order valence-corrected chi connectivity index (χ4v) is 1.78. The molecule has 0 unspecified atom stereocenters. The minimum Gasteiger partial charge on any atom is -0.478 e. The number of aliphatic carboxylic acids is 1. The molecule has 0 saturated carbocycles. The molecule has 1 amide bonds. The summed E-state index contributed by atoms with van der Waals surface area (Å²) in [5, 5.41) is 16.4. The summed E-state index contributed by atoms with van der Waals surface area (Å²) in [5.41, 5.74) is 1.48. The SMILES string of the molecule is O=C(O)C=Cc1cccc(NC(=O)c2csnn2)c1. The van der Waals surface area contributed by atoms with Gasteiger partial charge in [-0.2, -0.15) is 0 Å². The molecule has 96 valence electrons. The van der Waals surface area contributed by atoms with Crippen LogP contribution in [0.5, 0.6) is 0 Å². The minimum absolute atomic E-state index is 0.247. The van der Waals surface area contributed by atoms with Crippen molar-refractivity contribution in [3.05, 3.63) is 47.0 Å². The second-order valence-corrected chi connectivity index (χ2v) is 4.15. The lowest BCUT2D eigenvalue weighted by Gasteiger charge is -2.03. The number of carboxylic acid groups (broad SMARTS) is 1. The lowest BCUT2D eigenvalue weighted by Crippen LogP contribution is -2.12. The van der Waals surface area contributed by atoms with Crippen molar-refractivity contribution in [3.8, 4) is 0 Å². The fourth-order valence-electron chi connectivity index (χ4n) is 1.35. The van der Waals surface area contributed by atoms with E-state index in [1.165, 1.54) is 6.08 Å². The van der Waals surface area contributed by atoms with Gasteiger partial charge in [-0.1, -0.05) is 16.6 Å². The molecular formula is C12H9N3O3S. The number of rotatable bonds is 4. The second-order valence-electron chi connectivity index (χ2n) is 3.54. The van der Waals surface area contributed by atoms with Crippen molar-refractivity contribution in [3.63, 3.8) is 0 Å². The van der Waals surface area contributed by atoms with Crippen LogP contribution in [0.3, 0.4) is 0 Å². The first-order valence-corrected chi connectivity index (χ1v) is 6.08. The van der Waals surface area contributed by atoms with Crippen molar-refractivity contribution < 1.29 is 14.7 Å². The monoisotopic (exact) mass is 275 g/mol. The van der Waals surface area contributed by atoms with E-state index in [1.807, 2.05) is 0 Å². The van der Waals surface area contributed by atoms with Gasteiger partial charge in [0.1, 0.15) is 0 Å². The van der Waals surface area contributed by atoms with E-state index in [-0.39, 0.29) is 11.6 Å². The Morgan fingerprint density at radius 2 is 2.21 bits per heavy atom. The summed E-state index contributed by atoms with van der Waals surface area (Å²) in [7, 11) is 0. The van der Waals surface area contributed by atoms with Crippen LogP contribution in [0, 0.1) is 0 Å². The standard InChI is InChI=1S/C12H9N3O3S/c16-11(17)5-4-8-2-1-3-9(6-8)13-12(18)10-7-19-15-14-10/h1-7H,(H,13,18)(H,16,17). The highest BCUT2D eigenvalue weighted by Gasteiger charge is 2.08. The maximum absolute atomic E-state index is 11.7. The van der Waals surface area contributed by atoms with Crippen LogP contribution in [0.15, 0.2) is 35.7 Å². The average Bonchev–Trinajstić information content (AvgIpc) is 2.91. The molecule has 0 aliphatic rings. The molecule has 1 heterocycles. The minimum atomic E-state index is -1.03. The number of nitrogens with one attached hydrogen (secondary N) is 1. The number of aromatic nitrogens is 2. The Bertz CT molecular complexity index is 623. The predicted octanol–water partition coefficient (Wildman–Crippen LogP) is 1.89. The van der Waals surface area contributed by atoms with E-state index in [4.69, 9.17) is 5.11 Å². The number of hydrogen-bond acceptors (Lipinski definition) is 5. The van der Waals surface area contributed by atoms with Crippen LogP contribution in [0.4, 0.5) is 5.69 Å². The molecule has 2 N–H and O–H groups in total. The van der Waals surface area contributed by atoms with Gasteiger partial charge < -0.3 is 10.4 Å². The van der Waals surface area contributed by atoms with Gasteiger partial charge in [0, 0.05) is 17.1 Å². The van der Waals surface area contributed by atoms with Crippen LogP contribution >= 0.6 is 11.5 Å². The average molecular weight is 275 g/mol. The van der Waals surface area contributed by atoms with Crippen molar-refractivity contribution in [2.75, 3.05) is 5.32 Å². The van der Waals surface area contributed by atoms with Crippen molar-refractivity contribution in [2.24, 2.45) is 0 Å². The lowest BCUT2D eigenvalue weighted by atomic mass is 10.2. The molecule has 0 spiro atoms. The molecule has 0 bridgehead atoms. The molecule has 19 heavy (non-hydrogen) atoms.